The molecule has 0 radical (unpaired) electrons. The topological polar surface area (TPSA) is 46.2 Å². The molecule has 8 unspecified atom stereocenters. The molecule has 0 saturated heterocycles. The number of fused-ring (bicyclic) bond motifs is 7. The van der Waals surface area contributed by atoms with E-state index in [2.05, 4.69) is 41.2 Å². The van der Waals surface area contributed by atoms with Crippen LogP contribution in [0.25, 0.3) is 0 Å². The first-order chi connectivity index (χ1) is 15.4. The van der Waals surface area contributed by atoms with Gasteiger partial charge < -0.3 is 10.8 Å². The molecule has 0 aliphatic heterocycles. The summed E-state index contributed by atoms with van der Waals surface area (Å²) in [6.45, 7) is 22.0. The van der Waals surface area contributed by atoms with Gasteiger partial charge in [-0.1, -0.05) is 61.0 Å². The van der Waals surface area contributed by atoms with Crippen LogP contribution in [0.5, 0.6) is 0 Å². The van der Waals surface area contributed by atoms with Crippen molar-refractivity contribution in [1.82, 2.24) is 0 Å². The first-order valence-corrected chi connectivity index (χ1v) is 14.4. The molecule has 0 spiro atoms. The highest BCUT2D eigenvalue weighted by Crippen LogP contribution is 2.75. The van der Waals surface area contributed by atoms with Gasteiger partial charge in [0, 0.05) is 5.54 Å². The van der Waals surface area contributed by atoms with E-state index in [0.29, 0.717) is 22.2 Å². The lowest BCUT2D eigenvalue weighted by Crippen LogP contribution is -2.67. The molecule has 5 saturated carbocycles. The molecule has 0 bridgehead atoms. The monoisotopic (exact) mass is 459 g/mol. The molecular weight excluding hydrogens is 402 g/mol. The number of aliphatic hydroxyl groups is 1. The van der Waals surface area contributed by atoms with E-state index in [1.807, 2.05) is 20.8 Å². The number of hydrogen-bond donors (Lipinski definition) is 2. The van der Waals surface area contributed by atoms with Crippen LogP contribution >= 0.6 is 0 Å². The number of rotatable bonds is 0. The van der Waals surface area contributed by atoms with Gasteiger partial charge in [0.25, 0.3) is 0 Å². The zero-order valence-electron chi connectivity index (χ0n) is 23.5. The Morgan fingerprint density at radius 2 is 1.39 bits per heavy atom. The Balaban J connectivity index is 0.000000569. The SMILES string of the molecule is C=CC.CC.CC1(C)C(O)CCC2(C)C1CCC1(C)C2CCC2C3CCCC3(N)CC[C@]21C. The summed E-state index contributed by atoms with van der Waals surface area (Å²) < 4.78 is 0. The molecule has 5 fully saturated rings. The van der Waals surface area contributed by atoms with Crippen LogP contribution in [0.4, 0.5) is 0 Å². The summed E-state index contributed by atoms with van der Waals surface area (Å²) in [4.78, 5) is 0. The standard InChI is InChI=1S/C26H45NO.C3H6.C2H6/c1-22(2)19-10-14-25(5)20(23(19,3)13-11-21(22)28)9-8-17-18-7-6-12-26(18,27)16-15-24(17,25)4;1-3-2;1-2/h17-21,28H,6-16,27H2,1-5H3;3H,1H2,2H3;1-2H3/t17?,18?,19?,20?,21?,23?,24-,25?,26?;;/m1../s1. The predicted octanol–water partition coefficient (Wildman–Crippen LogP) is 8.13. The minimum atomic E-state index is -0.118. The van der Waals surface area contributed by atoms with Crippen LogP contribution in [-0.4, -0.2) is 16.7 Å². The Labute approximate surface area is 206 Å². The first kappa shape index (κ1) is 27.3. The van der Waals surface area contributed by atoms with E-state index in [4.69, 9.17) is 5.73 Å². The van der Waals surface area contributed by atoms with Crippen LogP contribution in [0.2, 0.25) is 0 Å². The van der Waals surface area contributed by atoms with Crippen LogP contribution in [0.1, 0.15) is 126 Å². The van der Waals surface area contributed by atoms with Crippen LogP contribution in [0.3, 0.4) is 0 Å². The van der Waals surface area contributed by atoms with Crippen molar-refractivity contribution < 1.29 is 5.11 Å². The van der Waals surface area contributed by atoms with Gasteiger partial charge in [0.2, 0.25) is 0 Å². The second-order valence-electron chi connectivity index (χ2n) is 13.7. The quantitative estimate of drug-likeness (QED) is 0.359. The molecule has 3 N–H and O–H groups in total. The van der Waals surface area contributed by atoms with Gasteiger partial charge in [-0.15, -0.1) is 6.58 Å². The van der Waals surface area contributed by atoms with E-state index in [0.717, 1.165) is 24.2 Å². The Morgan fingerprint density at radius 3 is 2.03 bits per heavy atom. The average molecular weight is 460 g/mol. The molecule has 5 rings (SSSR count). The van der Waals surface area contributed by atoms with Gasteiger partial charge in [-0.25, -0.2) is 0 Å². The third-order valence-electron chi connectivity index (χ3n) is 12.4. The fourth-order valence-corrected chi connectivity index (χ4v) is 10.6. The van der Waals surface area contributed by atoms with Crippen LogP contribution < -0.4 is 5.73 Å². The maximum atomic E-state index is 10.8. The number of aliphatic hydroxyl groups excluding tert-OH is 1. The second-order valence-corrected chi connectivity index (χ2v) is 13.7. The largest absolute Gasteiger partial charge is 0.393 e. The van der Waals surface area contributed by atoms with Gasteiger partial charge in [0.15, 0.2) is 0 Å². The predicted molar refractivity (Wildman–Crippen MR) is 143 cm³/mol. The minimum Gasteiger partial charge on any atom is -0.393 e. The molecule has 2 heteroatoms. The smallest absolute Gasteiger partial charge is 0.0594 e. The molecule has 5 aliphatic rings. The van der Waals surface area contributed by atoms with Crippen molar-refractivity contribution in [2.24, 2.45) is 51.1 Å². The molecule has 2 nitrogen and oxygen atoms in total. The number of nitrogens with two attached hydrogens (primary N) is 1. The zero-order chi connectivity index (χ0) is 24.9. The van der Waals surface area contributed by atoms with E-state index in [1.165, 1.54) is 64.2 Å². The highest BCUT2D eigenvalue weighted by atomic mass is 16.3. The Bertz CT molecular complexity index is 701. The summed E-state index contributed by atoms with van der Waals surface area (Å²) >= 11 is 0. The number of allylic oxidation sites excluding steroid dienone is 1. The fourth-order valence-electron chi connectivity index (χ4n) is 10.6. The van der Waals surface area contributed by atoms with Gasteiger partial charge in [0.1, 0.15) is 0 Å². The van der Waals surface area contributed by atoms with E-state index < -0.39 is 0 Å². The summed E-state index contributed by atoms with van der Waals surface area (Å²) in [7, 11) is 0. The zero-order valence-corrected chi connectivity index (χ0v) is 23.5. The fraction of sp³-hybridized carbons (Fsp3) is 0.935. The minimum absolute atomic E-state index is 0.0660. The van der Waals surface area contributed by atoms with Crippen LogP contribution in [0.15, 0.2) is 12.7 Å². The molecule has 5 aliphatic carbocycles. The third kappa shape index (κ3) is 3.80. The maximum absolute atomic E-state index is 10.8. The first-order valence-electron chi connectivity index (χ1n) is 14.4. The second kappa shape index (κ2) is 9.27. The Kier molecular flexibility index (Phi) is 7.66. The van der Waals surface area contributed by atoms with Crippen molar-refractivity contribution in [3.05, 3.63) is 12.7 Å². The molecule has 0 heterocycles. The lowest BCUT2D eigenvalue weighted by molar-refractivity contribution is -0.240. The summed E-state index contributed by atoms with van der Waals surface area (Å²) in [5.41, 5.74) is 8.53. The van der Waals surface area contributed by atoms with Crippen LogP contribution in [-0.2, 0) is 0 Å². The summed E-state index contributed by atoms with van der Waals surface area (Å²) in [5, 5.41) is 10.8. The average Bonchev–Trinajstić information content (AvgIpc) is 3.16. The van der Waals surface area contributed by atoms with E-state index in [1.54, 1.807) is 6.08 Å². The molecule has 0 aromatic heterocycles. The summed E-state index contributed by atoms with van der Waals surface area (Å²) in [5.74, 6) is 3.11. The lowest BCUT2D eigenvalue weighted by Gasteiger charge is -2.72. The molecule has 9 atom stereocenters. The Morgan fingerprint density at radius 1 is 0.758 bits per heavy atom. The summed E-state index contributed by atoms with van der Waals surface area (Å²) in [6, 6.07) is 0. The molecule has 0 amide bonds. The number of hydrogen-bond acceptors (Lipinski definition) is 2. The normalized spacial score (nSPS) is 51.8. The van der Waals surface area contributed by atoms with Crippen molar-refractivity contribution in [2.45, 2.75) is 138 Å². The highest BCUT2D eigenvalue weighted by Gasteiger charge is 2.69. The van der Waals surface area contributed by atoms with Crippen molar-refractivity contribution in [2.75, 3.05) is 0 Å². The molecular formula is C31H57NO. The van der Waals surface area contributed by atoms with Crippen molar-refractivity contribution in [3.63, 3.8) is 0 Å². The maximum Gasteiger partial charge on any atom is 0.0594 e. The summed E-state index contributed by atoms with van der Waals surface area (Å²) in [6.07, 6.45) is 16.0. The Hall–Kier alpha value is -0.340. The van der Waals surface area contributed by atoms with E-state index in [9.17, 15) is 5.11 Å². The van der Waals surface area contributed by atoms with E-state index >= 15 is 0 Å². The van der Waals surface area contributed by atoms with E-state index in [-0.39, 0.29) is 17.1 Å². The van der Waals surface area contributed by atoms with Crippen molar-refractivity contribution in [1.29, 1.82) is 0 Å². The third-order valence-corrected chi connectivity index (χ3v) is 12.4. The molecule has 33 heavy (non-hydrogen) atoms. The van der Waals surface area contributed by atoms with Crippen LogP contribution in [0, 0.1) is 45.3 Å². The molecule has 0 aromatic carbocycles. The molecule has 192 valence electrons. The van der Waals surface area contributed by atoms with Gasteiger partial charge >= 0.3 is 0 Å². The highest BCUT2D eigenvalue weighted by molar-refractivity contribution is 5.19. The van der Waals surface area contributed by atoms with Gasteiger partial charge in [-0.05, 0) is 116 Å². The molecule has 0 aromatic rings. The van der Waals surface area contributed by atoms with Gasteiger partial charge in [-0.3, -0.25) is 0 Å². The van der Waals surface area contributed by atoms with Gasteiger partial charge in [0.05, 0.1) is 6.10 Å². The lowest BCUT2D eigenvalue weighted by atomic mass is 9.33. The van der Waals surface area contributed by atoms with Crippen molar-refractivity contribution >= 4 is 0 Å². The van der Waals surface area contributed by atoms with Gasteiger partial charge in [-0.2, -0.15) is 0 Å². The van der Waals surface area contributed by atoms with Crippen molar-refractivity contribution in [3.8, 4) is 0 Å².